The number of rotatable bonds is 5. The average molecular weight is 303 g/mol. The van der Waals surface area contributed by atoms with Gasteiger partial charge in [0.2, 0.25) is 5.91 Å². The molecule has 1 N–H and O–H groups in total. The third-order valence-electron chi connectivity index (χ3n) is 4.79. The van der Waals surface area contributed by atoms with Gasteiger partial charge in [0.25, 0.3) is 0 Å². The first-order chi connectivity index (χ1) is 9.29. The lowest BCUT2D eigenvalue weighted by atomic mass is 9.91. The quantitative estimate of drug-likeness (QED) is 0.845. The molecule has 2 heterocycles. The van der Waals surface area contributed by atoms with Crippen LogP contribution in [0.25, 0.3) is 0 Å². The number of piperidine rings is 2. The zero-order valence-corrected chi connectivity index (χ0v) is 13.7. The van der Waals surface area contributed by atoms with E-state index in [4.69, 9.17) is 0 Å². The van der Waals surface area contributed by atoms with Gasteiger partial charge in [-0.05, 0) is 63.5 Å². The van der Waals surface area contributed by atoms with Crippen molar-refractivity contribution in [3.8, 4) is 0 Å². The Balaban J connectivity index is 0.00000200. The highest BCUT2D eigenvalue weighted by atomic mass is 35.5. The van der Waals surface area contributed by atoms with Gasteiger partial charge in [-0.3, -0.25) is 4.79 Å². The second kappa shape index (κ2) is 9.62. The number of nitrogens with one attached hydrogen (secondary N) is 1. The summed E-state index contributed by atoms with van der Waals surface area (Å²) in [4.78, 5) is 14.4. The molecule has 118 valence electrons. The molecule has 0 aromatic rings. The van der Waals surface area contributed by atoms with Crippen molar-refractivity contribution in [2.75, 3.05) is 26.2 Å². The second-order valence-corrected chi connectivity index (χ2v) is 6.37. The van der Waals surface area contributed by atoms with E-state index in [1.165, 1.54) is 38.5 Å². The number of hydrogen-bond donors (Lipinski definition) is 1. The Bertz CT molecular complexity index is 278. The van der Waals surface area contributed by atoms with Crippen molar-refractivity contribution in [1.82, 2.24) is 10.2 Å². The highest BCUT2D eigenvalue weighted by Gasteiger charge is 2.23. The van der Waals surface area contributed by atoms with Crippen LogP contribution in [0.3, 0.4) is 0 Å². The summed E-state index contributed by atoms with van der Waals surface area (Å²) < 4.78 is 0. The number of nitrogens with zero attached hydrogens (tertiary/aromatic N) is 1. The number of hydrogen-bond acceptors (Lipinski definition) is 2. The molecule has 2 aliphatic heterocycles. The first-order valence-electron chi connectivity index (χ1n) is 8.28. The fourth-order valence-corrected chi connectivity index (χ4v) is 3.59. The Morgan fingerprint density at radius 3 is 2.60 bits per heavy atom. The standard InChI is InChI=1S/C16H30N2O.ClH/c1-2-4-15-5-3-12-18(13-15)16(19)7-6-14-8-10-17-11-9-14;/h14-15,17H,2-13H2,1H3;1H. The summed E-state index contributed by atoms with van der Waals surface area (Å²) in [6.45, 7) is 6.56. The van der Waals surface area contributed by atoms with Crippen molar-refractivity contribution in [3.05, 3.63) is 0 Å². The average Bonchev–Trinajstić information content (AvgIpc) is 2.46. The second-order valence-electron chi connectivity index (χ2n) is 6.37. The van der Waals surface area contributed by atoms with Gasteiger partial charge in [-0.2, -0.15) is 0 Å². The van der Waals surface area contributed by atoms with Crippen LogP contribution in [0.15, 0.2) is 0 Å². The van der Waals surface area contributed by atoms with Gasteiger partial charge >= 0.3 is 0 Å². The molecule has 1 amide bonds. The predicted octanol–water partition coefficient (Wildman–Crippen LogP) is 3.23. The minimum Gasteiger partial charge on any atom is -0.342 e. The molecule has 3 nitrogen and oxygen atoms in total. The molecule has 20 heavy (non-hydrogen) atoms. The maximum absolute atomic E-state index is 12.3. The smallest absolute Gasteiger partial charge is 0.222 e. The molecular weight excluding hydrogens is 272 g/mol. The van der Waals surface area contributed by atoms with Crippen LogP contribution in [0, 0.1) is 11.8 Å². The SMILES string of the molecule is CCCC1CCCN(C(=O)CCC2CCNCC2)C1.Cl. The number of carbonyl (C=O) groups excluding carboxylic acids is 1. The van der Waals surface area contributed by atoms with Gasteiger partial charge < -0.3 is 10.2 Å². The highest BCUT2D eigenvalue weighted by Crippen LogP contribution is 2.23. The lowest BCUT2D eigenvalue weighted by Crippen LogP contribution is -2.40. The maximum Gasteiger partial charge on any atom is 0.222 e. The van der Waals surface area contributed by atoms with Gasteiger partial charge in [0, 0.05) is 19.5 Å². The summed E-state index contributed by atoms with van der Waals surface area (Å²) in [5.41, 5.74) is 0. The van der Waals surface area contributed by atoms with E-state index in [-0.39, 0.29) is 12.4 Å². The Morgan fingerprint density at radius 2 is 1.90 bits per heavy atom. The fourth-order valence-electron chi connectivity index (χ4n) is 3.59. The van der Waals surface area contributed by atoms with Crippen LogP contribution in [0.5, 0.6) is 0 Å². The summed E-state index contributed by atoms with van der Waals surface area (Å²) in [7, 11) is 0. The van der Waals surface area contributed by atoms with Crippen molar-refractivity contribution < 1.29 is 4.79 Å². The van der Waals surface area contributed by atoms with Crippen LogP contribution in [-0.2, 0) is 4.79 Å². The lowest BCUT2D eigenvalue weighted by Gasteiger charge is -2.33. The van der Waals surface area contributed by atoms with Gasteiger partial charge in [0.05, 0.1) is 0 Å². The third kappa shape index (κ3) is 5.61. The summed E-state index contributed by atoms with van der Waals surface area (Å²) in [6, 6.07) is 0. The van der Waals surface area contributed by atoms with E-state index in [9.17, 15) is 4.79 Å². The first kappa shape index (κ1) is 17.8. The van der Waals surface area contributed by atoms with Crippen LogP contribution in [0.4, 0.5) is 0 Å². The number of carbonyl (C=O) groups is 1. The molecule has 1 atom stereocenters. The normalized spacial score (nSPS) is 24.2. The van der Waals surface area contributed by atoms with Crippen molar-refractivity contribution >= 4 is 18.3 Å². The van der Waals surface area contributed by atoms with E-state index < -0.39 is 0 Å². The van der Waals surface area contributed by atoms with Crippen LogP contribution in [0.2, 0.25) is 0 Å². The van der Waals surface area contributed by atoms with Crippen molar-refractivity contribution in [1.29, 1.82) is 0 Å². The van der Waals surface area contributed by atoms with Gasteiger partial charge in [0.15, 0.2) is 0 Å². The summed E-state index contributed by atoms with van der Waals surface area (Å²) in [5, 5.41) is 3.39. The summed E-state index contributed by atoms with van der Waals surface area (Å²) in [6.07, 6.45) is 9.48. The van der Waals surface area contributed by atoms with Crippen LogP contribution >= 0.6 is 12.4 Å². The van der Waals surface area contributed by atoms with Crippen LogP contribution in [-0.4, -0.2) is 37.0 Å². The molecular formula is C16H31ClN2O. The van der Waals surface area contributed by atoms with Crippen LogP contribution < -0.4 is 5.32 Å². The highest BCUT2D eigenvalue weighted by molar-refractivity contribution is 5.85. The molecule has 2 rings (SSSR count). The lowest BCUT2D eigenvalue weighted by molar-refractivity contribution is -0.133. The number of amides is 1. The van der Waals surface area contributed by atoms with Gasteiger partial charge in [-0.15, -0.1) is 12.4 Å². The van der Waals surface area contributed by atoms with E-state index in [0.29, 0.717) is 5.91 Å². The Labute approximate surface area is 130 Å². The van der Waals surface area contributed by atoms with E-state index in [1.807, 2.05) is 0 Å². The third-order valence-corrected chi connectivity index (χ3v) is 4.79. The molecule has 0 aromatic heterocycles. The molecule has 0 radical (unpaired) electrons. The fraction of sp³-hybridized carbons (Fsp3) is 0.938. The molecule has 4 heteroatoms. The van der Waals surface area contributed by atoms with E-state index in [0.717, 1.165) is 50.9 Å². The number of halogens is 1. The van der Waals surface area contributed by atoms with Crippen molar-refractivity contribution in [2.24, 2.45) is 11.8 Å². The Morgan fingerprint density at radius 1 is 1.15 bits per heavy atom. The molecule has 2 aliphatic rings. The Kier molecular flexibility index (Phi) is 8.55. The Hall–Kier alpha value is -0.280. The van der Waals surface area contributed by atoms with Gasteiger partial charge in [-0.1, -0.05) is 13.3 Å². The van der Waals surface area contributed by atoms with E-state index >= 15 is 0 Å². The monoisotopic (exact) mass is 302 g/mol. The minimum absolute atomic E-state index is 0. The van der Waals surface area contributed by atoms with Crippen LogP contribution in [0.1, 0.15) is 58.3 Å². The molecule has 0 aliphatic carbocycles. The molecule has 0 spiro atoms. The summed E-state index contributed by atoms with van der Waals surface area (Å²) >= 11 is 0. The molecule has 0 bridgehead atoms. The largest absolute Gasteiger partial charge is 0.342 e. The van der Waals surface area contributed by atoms with Gasteiger partial charge in [0.1, 0.15) is 0 Å². The van der Waals surface area contributed by atoms with E-state index in [1.54, 1.807) is 0 Å². The van der Waals surface area contributed by atoms with Crippen molar-refractivity contribution in [2.45, 2.75) is 58.3 Å². The summed E-state index contributed by atoms with van der Waals surface area (Å²) in [5.74, 6) is 1.96. The number of likely N-dealkylation sites (tertiary alicyclic amines) is 1. The zero-order chi connectivity index (χ0) is 13.5. The predicted molar refractivity (Wildman–Crippen MR) is 86.3 cm³/mol. The molecule has 2 fully saturated rings. The maximum atomic E-state index is 12.3. The zero-order valence-electron chi connectivity index (χ0n) is 12.9. The van der Waals surface area contributed by atoms with E-state index in [2.05, 4.69) is 17.1 Å². The molecule has 0 aromatic carbocycles. The minimum atomic E-state index is 0. The topological polar surface area (TPSA) is 32.3 Å². The van der Waals surface area contributed by atoms with Crippen molar-refractivity contribution in [3.63, 3.8) is 0 Å². The molecule has 0 saturated carbocycles. The molecule has 2 saturated heterocycles. The van der Waals surface area contributed by atoms with Gasteiger partial charge in [-0.25, -0.2) is 0 Å². The first-order valence-corrected chi connectivity index (χ1v) is 8.28. The molecule has 1 unspecified atom stereocenters.